The number of hydrogen-bond acceptors (Lipinski definition) is 2. The van der Waals surface area contributed by atoms with E-state index in [0.717, 1.165) is 30.3 Å². The van der Waals surface area contributed by atoms with Gasteiger partial charge in [-0.15, -0.1) is 0 Å². The van der Waals surface area contributed by atoms with Gasteiger partial charge >= 0.3 is 0 Å². The molecule has 0 bridgehead atoms. The molecule has 0 saturated heterocycles. The van der Waals surface area contributed by atoms with E-state index in [2.05, 4.69) is 5.10 Å². The molecule has 0 spiro atoms. The third kappa shape index (κ3) is 2.22. The van der Waals surface area contributed by atoms with Crippen LogP contribution in [0, 0.1) is 6.92 Å². The molecule has 0 saturated carbocycles. The monoisotopic (exact) mass is 188 g/mol. The molecule has 0 radical (unpaired) electrons. The van der Waals surface area contributed by atoms with Gasteiger partial charge < -0.3 is 4.74 Å². The average Bonchev–Trinajstić information content (AvgIpc) is 2.36. The molecule has 0 aliphatic carbocycles. The maximum absolute atomic E-state index is 5.95. The minimum absolute atomic E-state index is 0.728. The first-order chi connectivity index (χ1) is 5.75. The lowest BCUT2D eigenvalue weighted by Gasteiger charge is -2.01. The van der Waals surface area contributed by atoms with Crippen molar-refractivity contribution in [3.8, 4) is 0 Å². The van der Waals surface area contributed by atoms with Crippen LogP contribution in [0.4, 0.5) is 0 Å². The fraction of sp³-hybridized carbons (Fsp3) is 0.625. The first kappa shape index (κ1) is 9.55. The average molecular weight is 189 g/mol. The number of hydrogen-bond donors (Lipinski definition) is 0. The quantitative estimate of drug-likeness (QED) is 0.675. The highest BCUT2D eigenvalue weighted by Crippen LogP contribution is 2.13. The van der Waals surface area contributed by atoms with Gasteiger partial charge in [0.1, 0.15) is 5.15 Å². The number of aromatic nitrogens is 2. The molecule has 12 heavy (non-hydrogen) atoms. The van der Waals surface area contributed by atoms with Crippen LogP contribution >= 0.6 is 11.6 Å². The molecular weight excluding hydrogens is 176 g/mol. The van der Waals surface area contributed by atoms with Gasteiger partial charge in [-0.2, -0.15) is 5.10 Å². The van der Waals surface area contributed by atoms with Crippen LogP contribution in [-0.4, -0.2) is 23.5 Å². The first-order valence-corrected chi connectivity index (χ1v) is 4.30. The summed E-state index contributed by atoms with van der Waals surface area (Å²) in [6.45, 7) is 3.51. The highest BCUT2D eigenvalue weighted by molar-refractivity contribution is 6.30. The van der Waals surface area contributed by atoms with Crippen LogP contribution in [0.3, 0.4) is 0 Å². The van der Waals surface area contributed by atoms with Gasteiger partial charge in [-0.25, -0.2) is 0 Å². The molecule has 0 atom stereocenters. The van der Waals surface area contributed by atoms with E-state index in [1.807, 2.05) is 6.92 Å². The van der Waals surface area contributed by atoms with Gasteiger partial charge in [-0.1, -0.05) is 11.6 Å². The zero-order valence-electron chi connectivity index (χ0n) is 7.38. The lowest BCUT2D eigenvalue weighted by atomic mass is 10.4. The smallest absolute Gasteiger partial charge is 0.129 e. The number of rotatable bonds is 4. The van der Waals surface area contributed by atoms with Gasteiger partial charge in [-0.05, 0) is 13.3 Å². The van der Waals surface area contributed by atoms with Crippen LogP contribution in [0.2, 0.25) is 5.15 Å². The Kier molecular flexibility index (Phi) is 3.56. The molecule has 0 fully saturated rings. The number of nitrogens with zero attached hydrogens (tertiary/aromatic N) is 2. The Morgan fingerprint density at radius 3 is 2.92 bits per heavy atom. The van der Waals surface area contributed by atoms with Crippen LogP contribution in [0.1, 0.15) is 12.0 Å². The molecule has 1 aromatic heterocycles. The van der Waals surface area contributed by atoms with E-state index < -0.39 is 0 Å². The Hall–Kier alpha value is -0.540. The van der Waals surface area contributed by atoms with Gasteiger partial charge in [0, 0.05) is 25.8 Å². The largest absolute Gasteiger partial charge is 0.385 e. The van der Waals surface area contributed by atoms with E-state index in [9.17, 15) is 0 Å². The second kappa shape index (κ2) is 4.48. The van der Waals surface area contributed by atoms with Crippen LogP contribution < -0.4 is 0 Å². The fourth-order valence-corrected chi connectivity index (χ4v) is 1.16. The Morgan fingerprint density at radius 2 is 2.42 bits per heavy atom. The predicted molar refractivity (Wildman–Crippen MR) is 48.5 cm³/mol. The SMILES string of the molecule is COCCCn1ncc(C)c1Cl. The van der Waals surface area contributed by atoms with Crippen molar-refractivity contribution in [2.75, 3.05) is 13.7 Å². The number of ether oxygens (including phenoxy) is 1. The van der Waals surface area contributed by atoms with Crippen LogP contribution in [0.15, 0.2) is 6.20 Å². The summed E-state index contributed by atoms with van der Waals surface area (Å²) in [7, 11) is 1.69. The van der Waals surface area contributed by atoms with Crippen molar-refractivity contribution in [2.24, 2.45) is 0 Å². The third-order valence-electron chi connectivity index (χ3n) is 1.66. The van der Waals surface area contributed by atoms with Crippen molar-refractivity contribution in [2.45, 2.75) is 19.9 Å². The summed E-state index contributed by atoms with van der Waals surface area (Å²) in [5.41, 5.74) is 1.02. The van der Waals surface area contributed by atoms with Gasteiger partial charge in [-0.3, -0.25) is 4.68 Å². The predicted octanol–water partition coefficient (Wildman–Crippen LogP) is 1.88. The van der Waals surface area contributed by atoms with Gasteiger partial charge in [0.2, 0.25) is 0 Å². The van der Waals surface area contributed by atoms with Crippen molar-refractivity contribution in [3.63, 3.8) is 0 Å². The van der Waals surface area contributed by atoms with Crippen molar-refractivity contribution in [1.29, 1.82) is 0 Å². The Balaban J connectivity index is 2.46. The maximum Gasteiger partial charge on any atom is 0.129 e. The van der Waals surface area contributed by atoms with E-state index in [-0.39, 0.29) is 0 Å². The second-order valence-electron chi connectivity index (χ2n) is 2.69. The normalized spacial score (nSPS) is 10.6. The minimum atomic E-state index is 0.728. The van der Waals surface area contributed by atoms with E-state index in [4.69, 9.17) is 16.3 Å². The lowest BCUT2D eigenvalue weighted by molar-refractivity contribution is 0.189. The molecule has 68 valence electrons. The molecule has 0 N–H and O–H groups in total. The molecule has 0 unspecified atom stereocenters. The van der Waals surface area contributed by atoms with Crippen molar-refractivity contribution in [1.82, 2.24) is 9.78 Å². The first-order valence-electron chi connectivity index (χ1n) is 3.92. The number of aryl methyl sites for hydroxylation is 2. The molecular formula is C8H13ClN2O. The molecule has 1 aromatic rings. The second-order valence-corrected chi connectivity index (χ2v) is 3.05. The van der Waals surface area contributed by atoms with E-state index in [1.165, 1.54) is 0 Å². The molecule has 0 aromatic carbocycles. The van der Waals surface area contributed by atoms with Crippen molar-refractivity contribution < 1.29 is 4.74 Å². The summed E-state index contributed by atoms with van der Waals surface area (Å²) in [5.74, 6) is 0. The van der Waals surface area contributed by atoms with Crippen molar-refractivity contribution >= 4 is 11.6 Å². The zero-order valence-corrected chi connectivity index (χ0v) is 8.14. The molecule has 1 heterocycles. The summed E-state index contributed by atoms with van der Waals surface area (Å²) in [6.07, 6.45) is 2.71. The Morgan fingerprint density at radius 1 is 1.67 bits per heavy atom. The van der Waals surface area contributed by atoms with E-state index in [0.29, 0.717) is 0 Å². The highest BCUT2D eigenvalue weighted by Gasteiger charge is 2.02. The summed E-state index contributed by atoms with van der Waals surface area (Å²) in [4.78, 5) is 0. The molecule has 3 nitrogen and oxygen atoms in total. The van der Waals surface area contributed by atoms with Gasteiger partial charge in [0.15, 0.2) is 0 Å². The molecule has 0 aliphatic heterocycles. The third-order valence-corrected chi connectivity index (χ3v) is 2.15. The molecule has 1 rings (SSSR count). The Labute approximate surface area is 77.3 Å². The summed E-state index contributed by atoms with van der Waals surface area (Å²) in [6, 6.07) is 0. The molecule has 4 heteroatoms. The van der Waals surface area contributed by atoms with Crippen molar-refractivity contribution in [3.05, 3.63) is 16.9 Å². The standard InChI is InChI=1S/C8H13ClN2O/c1-7-6-10-11(8(7)9)4-3-5-12-2/h6H,3-5H2,1-2H3. The summed E-state index contributed by atoms with van der Waals surface area (Å²) >= 11 is 5.95. The summed E-state index contributed by atoms with van der Waals surface area (Å²) in [5, 5.41) is 4.84. The number of halogens is 1. The van der Waals surface area contributed by atoms with Crippen LogP contribution in [0.25, 0.3) is 0 Å². The lowest BCUT2D eigenvalue weighted by Crippen LogP contribution is -2.02. The minimum Gasteiger partial charge on any atom is -0.385 e. The molecule has 0 amide bonds. The maximum atomic E-state index is 5.95. The van der Waals surface area contributed by atoms with E-state index in [1.54, 1.807) is 18.0 Å². The Bertz CT molecular complexity index is 247. The zero-order chi connectivity index (χ0) is 8.97. The highest BCUT2D eigenvalue weighted by atomic mass is 35.5. The van der Waals surface area contributed by atoms with Crippen LogP contribution in [-0.2, 0) is 11.3 Å². The van der Waals surface area contributed by atoms with Gasteiger partial charge in [0.25, 0.3) is 0 Å². The number of methoxy groups -OCH3 is 1. The summed E-state index contributed by atoms with van der Waals surface area (Å²) < 4.78 is 6.71. The molecule has 0 aliphatic rings. The topological polar surface area (TPSA) is 27.1 Å². The van der Waals surface area contributed by atoms with E-state index >= 15 is 0 Å². The van der Waals surface area contributed by atoms with Crippen LogP contribution in [0.5, 0.6) is 0 Å². The fourth-order valence-electron chi connectivity index (χ4n) is 0.978. The van der Waals surface area contributed by atoms with Gasteiger partial charge in [0.05, 0.1) is 6.20 Å².